The Morgan fingerprint density at radius 1 is 1.54 bits per heavy atom. The summed E-state index contributed by atoms with van der Waals surface area (Å²) in [5, 5.41) is 3.58. The fourth-order valence-corrected chi connectivity index (χ4v) is 0.863. The lowest BCUT2D eigenvalue weighted by molar-refractivity contribution is -0.137. The number of aromatic nitrogens is 2. The van der Waals surface area contributed by atoms with Crippen LogP contribution in [0.2, 0.25) is 0 Å². The van der Waals surface area contributed by atoms with Gasteiger partial charge in [-0.3, -0.25) is 9.48 Å². The second kappa shape index (κ2) is 3.59. The molecule has 1 heterocycles. The Bertz CT molecular complexity index is 292. The van der Waals surface area contributed by atoms with E-state index in [4.69, 9.17) is 0 Å². The lowest BCUT2D eigenvalue weighted by Crippen LogP contribution is -2.14. The molecule has 0 aromatic carbocycles. The Balaban J connectivity index is 2.59. The van der Waals surface area contributed by atoms with E-state index in [1.54, 1.807) is 0 Å². The summed E-state index contributed by atoms with van der Waals surface area (Å²) >= 11 is 0. The number of nitrogens with zero attached hydrogens (tertiary/aromatic N) is 2. The van der Waals surface area contributed by atoms with Crippen molar-refractivity contribution < 1.29 is 18.0 Å². The van der Waals surface area contributed by atoms with Gasteiger partial charge in [-0.25, -0.2) is 0 Å². The van der Waals surface area contributed by atoms with Gasteiger partial charge >= 0.3 is 6.18 Å². The number of carbonyl (C=O) groups is 1. The van der Waals surface area contributed by atoms with Gasteiger partial charge < -0.3 is 0 Å². The molecule has 0 spiro atoms. The molecule has 3 nitrogen and oxygen atoms in total. The van der Waals surface area contributed by atoms with E-state index in [0.717, 1.165) is 4.68 Å². The molecule has 0 saturated heterocycles. The fraction of sp³-hybridized carbons (Fsp3) is 0.429. The number of aryl methyl sites for hydroxylation is 1. The van der Waals surface area contributed by atoms with Gasteiger partial charge in [-0.2, -0.15) is 18.3 Å². The largest absolute Gasteiger partial charge is 0.390 e. The van der Waals surface area contributed by atoms with Crippen LogP contribution in [0, 0.1) is 0 Å². The lowest BCUT2D eigenvalue weighted by atomic mass is 10.4. The van der Waals surface area contributed by atoms with Crippen molar-refractivity contribution in [1.29, 1.82) is 0 Å². The Kier molecular flexibility index (Phi) is 2.69. The van der Waals surface area contributed by atoms with Crippen molar-refractivity contribution in [3.63, 3.8) is 0 Å². The third-order valence-corrected chi connectivity index (χ3v) is 1.48. The maximum atomic E-state index is 11.8. The van der Waals surface area contributed by atoms with Gasteiger partial charge in [-0.05, 0) is 6.07 Å². The topological polar surface area (TPSA) is 34.9 Å². The van der Waals surface area contributed by atoms with Crippen LogP contribution in [0.3, 0.4) is 0 Å². The Hall–Kier alpha value is -1.33. The molecule has 0 amide bonds. The predicted molar refractivity (Wildman–Crippen MR) is 38.3 cm³/mol. The normalized spacial score (nSPS) is 11.6. The van der Waals surface area contributed by atoms with E-state index in [9.17, 15) is 18.0 Å². The molecule has 6 heteroatoms. The van der Waals surface area contributed by atoms with Gasteiger partial charge in [0.25, 0.3) is 0 Å². The van der Waals surface area contributed by atoms with Gasteiger partial charge in [0.1, 0.15) is 5.69 Å². The summed E-state index contributed by atoms with van der Waals surface area (Å²) in [7, 11) is 0. The molecule has 13 heavy (non-hydrogen) atoms. The summed E-state index contributed by atoms with van der Waals surface area (Å²) in [6, 6.07) is 1.36. The molecule has 0 radical (unpaired) electrons. The number of hydrogen-bond acceptors (Lipinski definition) is 2. The van der Waals surface area contributed by atoms with Crippen molar-refractivity contribution in [3.05, 3.63) is 18.0 Å². The molecule has 0 unspecified atom stereocenters. The van der Waals surface area contributed by atoms with E-state index in [2.05, 4.69) is 5.10 Å². The third kappa shape index (κ3) is 2.89. The highest BCUT2D eigenvalue weighted by atomic mass is 19.4. The number of alkyl halides is 3. The Morgan fingerprint density at radius 2 is 2.23 bits per heavy atom. The average Bonchev–Trinajstić information content (AvgIpc) is 2.46. The zero-order chi connectivity index (χ0) is 9.90. The highest BCUT2D eigenvalue weighted by molar-refractivity contribution is 5.71. The third-order valence-electron chi connectivity index (χ3n) is 1.48. The summed E-state index contributed by atoms with van der Waals surface area (Å²) < 4.78 is 36.3. The van der Waals surface area contributed by atoms with Crippen molar-refractivity contribution >= 4 is 6.29 Å². The van der Waals surface area contributed by atoms with Crippen molar-refractivity contribution in [2.45, 2.75) is 19.1 Å². The van der Waals surface area contributed by atoms with E-state index < -0.39 is 12.6 Å². The molecule has 0 aliphatic heterocycles. The molecule has 0 N–H and O–H groups in total. The molecule has 1 aromatic heterocycles. The highest BCUT2D eigenvalue weighted by Gasteiger charge is 2.27. The second-order valence-corrected chi connectivity index (χ2v) is 2.46. The SMILES string of the molecule is O=Cc1ccnn1CCC(F)(F)F. The zero-order valence-corrected chi connectivity index (χ0v) is 6.58. The fourth-order valence-electron chi connectivity index (χ4n) is 0.863. The Labute approximate surface area is 72.2 Å². The first-order valence-corrected chi connectivity index (χ1v) is 3.56. The van der Waals surface area contributed by atoms with Crippen LogP contribution in [-0.2, 0) is 6.54 Å². The monoisotopic (exact) mass is 192 g/mol. The first-order chi connectivity index (χ1) is 6.03. The highest BCUT2D eigenvalue weighted by Crippen LogP contribution is 2.20. The minimum Gasteiger partial charge on any atom is -0.296 e. The van der Waals surface area contributed by atoms with Crippen LogP contribution in [0.4, 0.5) is 13.2 Å². The number of carbonyl (C=O) groups excluding carboxylic acids is 1. The Morgan fingerprint density at radius 3 is 2.77 bits per heavy atom. The molecule has 72 valence electrons. The van der Waals surface area contributed by atoms with E-state index >= 15 is 0 Å². The van der Waals surface area contributed by atoms with Gasteiger partial charge in [-0.1, -0.05) is 0 Å². The first kappa shape index (κ1) is 9.76. The molecule has 0 aliphatic rings. The van der Waals surface area contributed by atoms with Crippen LogP contribution in [0.5, 0.6) is 0 Å². The van der Waals surface area contributed by atoms with E-state index in [0.29, 0.717) is 6.29 Å². The maximum absolute atomic E-state index is 11.8. The molecule has 0 bridgehead atoms. The van der Waals surface area contributed by atoms with Gasteiger partial charge in [0.05, 0.1) is 13.0 Å². The summed E-state index contributed by atoms with van der Waals surface area (Å²) in [5.41, 5.74) is 0.157. The molecular formula is C7H7F3N2O. The molecule has 1 rings (SSSR count). The minimum absolute atomic E-state index is 0.157. The molecule has 0 atom stereocenters. The first-order valence-electron chi connectivity index (χ1n) is 3.56. The van der Waals surface area contributed by atoms with Crippen molar-refractivity contribution in [1.82, 2.24) is 9.78 Å². The zero-order valence-electron chi connectivity index (χ0n) is 6.58. The van der Waals surface area contributed by atoms with Gasteiger partial charge in [0, 0.05) is 6.20 Å². The van der Waals surface area contributed by atoms with Crippen LogP contribution in [0.1, 0.15) is 16.9 Å². The van der Waals surface area contributed by atoms with Gasteiger partial charge in [0.15, 0.2) is 6.29 Å². The van der Waals surface area contributed by atoms with Crippen LogP contribution in [0.25, 0.3) is 0 Å². The quantitative estimate of drug-likeness (QED) is 0.682. The van der Waals surface area contributed by atoms with Crippen LogP contribution in [-0.4, -0.2) is 22.2 Å². The maximum Gasteiger partial charge on any atom is 0.390 e. The van der Waals surface area contributed by atoms with Crippen molar-refractivity contribution in [3.8, 4) is 0 Å². The van der Waals surface area contributed by atoms with Crippen LogP contribution >= 0.6 is 0 Å². The average molecular weight is 192 g/mol. The number of rotatable bonds is 3. The number of hydrogen-bond donors (Lipinski definition) is 0. The summed E-state index contributed by atoms with van der Waals surface area (Å²) in [6.07, 6.45) is -3.43. The second-order valence-electron chi connectivity index (χ2n) is 2.46. The van der Waals surface area contributed by atoms with Gasteiger partial charge in [-0.15, -0.1) is 0 Å². The predicted octanol–water partition coefficient (Wildman–Crippen LogP) is 1.65. The van der Waals surface area contributed by atoms with E-state index in [1.165, 1.54) is 12.3 Å². The van der Waals surface area contributed by atoms with Crippen molar-refractivity contribution in [2.75, 3.05) is 0 Å². The van der Waals surface area contributed by atoms with Crippen LogP contribution < -0.4 is 0 Å². The van der Waals surface area contributed by atoms with Crippen LogP contribution in [0.15, 0.2) is 12.3 Å². The smallest absolute Gasteiger partial charge is 0.296 e. The summed E-state index contributed by atoms with van der Waals surface area (Å²) in [6.45, 7) is -0.315. The molecule has 0 fully saturated rings. The standard InChI is InChI=1S/C7H7F3N2O/c8-7(9,10)2-4-12-6(5-13)1-3-11-12/h1,3,5H,2,4H2. The molecule has 1 aromatic rings. The van der Waals surface area contributed by atoms with Crippen molar-refractivity contribution in [2.24, 2.45) is 0 Å². The lowest BCUT2D eigenvalue weighted by Gasteiger charge is -2.06. The van der Waals surface area contributed by atoms with E-state index in [-0.39, 0.29) is 12.2 Å². The van der Waals surface area contributed by atoms with E-state index in [1.807, 2.05) is 0 Å². The molecule has 0 saturated carbocycles. The summed E-state index contributed by atoms with van der Waals surface area (Å²) in [5.74, 6) is 0. The minimum atomic E-state index is -4.22. The summed E-state index contributed by atoms with van der Waals surface area (Å²) in [4.78, 5) is 10.3. The molecular weight excluding hydrogens is 185 g/mol. The van der Waals surface area contributed by atoms with Gasteiger partial charge in [0.2, 0.25) is 0 Å². The number of halogens is 3. The molecule has 0 aliphatic carbocycles. The number of aldehydes is 1.